The summed E-state index contributed by atoms with van der Waals surface area (Å²) in [7, 11) is 0. The Balaban J connectivity index is 1.91. The van der Waals surface area contributed by atoms with Crippen molar-refractivity contribution in [3.8, 4) is 5.75 Å². The number of nitrogens with one attached hydrogen (secondary N) is 1. The number of aromatic hydroxyl groups is 1. The number of phenolic OH excluding ortho intramolecular Hbond substituents is 1. The highest BCUT2D eigenvalue weighted by Gasteiger charge is 2.08. The highest BCUT2D eigenvalue weighted by atomic mass is 16.3. The molecule has 0 fully saturated rings. The van der Waals surface area contributed by atoms with E-state index in [1.165, 1.54) is 6.07 Å². The molecule has 0 radical (unpaired) electrons. The number of nitrogens with zero attached hydrogens (tertiary/aromatic N) is 1. The third-order valence-electron chi connectivity index (χ3n) is 2.85. The molecule has 0 unspecified atom stereocenters. The van der Waals surface area contributed by atoms with Crippen molar-refractivity contribution in [3.05, 3.63) is 59.4 Å². The molecule has 4 nitrogen and oxygen atoms in total. The number of aryl methyl sites for hydroxylation is 1. The monoisotopic (exact) mass is 256 g/mol. The molecule has 4 heteroatoms. The largest absolute Gasteiger partial charge is 0.508 e. The van der Waals surface area contributed by atoms with Gasteiger partial charge in [0, 0.05) is 30.4 Å². The normalized spacial score (nSPS) is 10.2. The maximum atomic E-state index is 12.0. The van der Waals surface area contributed by atoms with Crippen molar-refractivity contribution in [3.63, 3.8) is 0 Å². The molecule has 0 bridgehead atoms. The highest BCUT2D eigenvalue weighted by molar-refractivity contribution is 5.95. The smallest absolute Gasteiger partial charge is 0.251 e. The van der Waals surface area contributed by atoms with Gasteiger partial charge in [0.15, 0.2) is 0 Å². The van der Waals surface area contributed by atoms with Crippen LogP contribution in [0.15, 0.2) is 42.6 Å². The van der Waals surface area contributed by atoms with Crippen LogP contribution < -0.4 is 5.32 Å². The van der Waals surface area contributed by atoms with Gasteiger partial charge >= 0.3 is 0 Å². The zero-order valence-electron chi connectivity index (χ0n) is 10.8. The molecule has 1 aromatic carbocycles. The second-order valence-corrected chi connectivity index (χ2v) is 4.33. The Morgan fingerprint density at radius 2 is 2.16 bits per heavy atom. The van der Waals surface area contributed by atoms with Gasteiger partial charge in [0.1, 0.15) is 5.75 Å². The fraction of sp³-hybridized carbons (Fsp3) is 0.200. The average molecular weight is 256 g/mol. The maximum Gasteiger partial charge on any atom is 0.251 e. The quantitative estimate of drug-likeness (QED) is 0.880. The lowest BCUT2D eigenvalue weighted by Crippen LogP contribution is -2.26. The number of hydrogen-bond acceptors (Lipinski definition) is 3. The Labute approximate surface area is 112 Å². The zero-order valence-corrected chi connectivity index (χ0v) is 10.8. The van der Waals surface area contributed by atoms with Crippen molar-refractivity contribution >= 4 is 5.91 Å². The first-order chi connectivity index (χ1) is 9.16. The van der Waals surface area contributed by atoms with Crippen molar-refractivity contribution in [2.75, 3.05) is 6.54 Å². The van der Waals surface area contributed by atoms with E-state index in [2.05, 4.69) is 10.3 Å². The Morgan fingerprint density at radius 3 is 2.84 bits per heavy atom. The van der Waals surface area contributed by atoms with Gasteiger partial charge in [0.25, 0.3) is 5.91 Å². The first-order valence-electron chi connectivity index (χ1n) is 6.14. The predicted molar refractivity (Wildman–Crippen MR) is 73.1 cm³/mol. The molecule has 1 amide bonds. The molecule has 2 aromatic rings. The van der Waals surface area contributed by atoms with Gasteiger partial charge in [-0.05, 0) is 42.8 Å². The topological polar surface area (TPSA) is 62.2 Å². The molecule has 0 saturated carbocycles. The minimum atomic E-state index is -0.131. The molecule has 0 aliphatic carbocycles. The van der Waals surface area contributed by atoms with Gasteiger partial charge in [0.2, 0.25) is 0 Å². The molecule has 0 aliphatic heterocycles. The van der Waals surface area contributed by atoms with Gasteiger partial charge in [-0.25, -0.2) is 0 Å². The number of aromatic nitrogens is 1. The first kappa shape index (κ1) is 13.1. The maximum absolute atomic E-state index is 12.0. The van der Waals surface area contributed by atoms with Crippen LogP contribution in [-0.4, -0.2) is 22.5 Å². The van der Waals surface area contributed by atoms with Crippen LogP contribution in [0.5, 0.6) is 5.75 Å². The molecule has 19 heavy (non-hydrogen) atoms. The number of carbonyl (C=O) groups excluding carboxylic acids is 1. The molecule has 0 atom stereocenters. The van der Waals surface area contributed by atoms with Crippen molar-refractivity contribution in [1.29, 1.82) is 0 Å². The van der Waals surface area contributed by atoms with Crippen molar-refractivity contribution < 1.29 is 9.90 Å². The van der Waals surface area contributed by atoms with Crippen LogP contribution in [-0.2, 0) is 6.42 Å². The number of rotatable bonds is 4. The third kappa shape index (κ3) is 3.55. The highest BCUT2D eigenvalue weighted by Crippen LogP contribution is 2.15. The standard InChI is InChI=1S/C15H16N2O2/c1-11-10-13(18)5-6-14(11)15(19)17-9-7-12-4-2-3-8-16-12/h2-6,8,10,18H,7,9H2,1H3,(H,17,19). The van der Waals surface area contributed by atoms with Gasteiger partial charge in [-0.3, -0.25) is 9.78 Å². The summed E-state index contributed by atoms with van der Waals surface area (Å²) < 4.78 is 0. The van der Waals surface area contributed by atoms with Crippen LogP contribution in [0.3, 0.4) is 0 Å². The summed E-state index contributed by atoms with van der Waals surface area (Å²) in [5, 5.41) is 12.2. The Kier molecular flexibility index (Phi) is 4.13. The SMILES string of the molecule is Cc1cc(O)ccc1C(=O)NCCc1ccccn1. The van der Waals surface area contributed by atoms with Crippen molar-refractivity contribution in [2.45, 2.75) is 13.3 Å². The summed E-state index contributed by atoms with van der Waals surface area (Å²) in [6.45, 7) is 2.34. The fourth-order valence-corrected chi connectivity index (χ4v) is 1.85. The van der Waals surface area contributed by atoms with E-state index in [1.807, 2.05) is 18.2 Å². The van der Waals surface area contributed by atoms with Gasteiger partial charge in [-0.2, -0.15) is 0 Å². The number of amides is 1. The van der Waals surface area contributed by atoms with E-state index in [4.69, 9.17) is 0 Å². The summed E-state index contributed by atoms with van der Waals surface area (Å²) in [6.07, 6.45) is 2.44. The molecule has 0 spiro atoms. The zero-order chi connectivity index (χ0) is 13.7. The summed E-state index contributed by atoms with van der Waals surface area (Å²) in [4.78, 5) is 16.1. The number of hydrogen-bond donors (Lipinski definition) is 2. The fourth-order valence-electron chi connectivity index (χ4n) is 1.85. The summed E-state index contributed by atoms with van der Waals surface area (Å²) >= 11 is 0. The lowest BCUT2D eigenvalue weighted by Gasteiger charge is -2.07. The van der Waals surface area contributed by atoms with Gasteiger partial charge in [-0.1, -0.05) is 6.07 Å². The van der Waals surface area contributed by atoms with E-state index in [1.54, 1.807) is 25.3 Å². The summed E-state index contributed by atoms with van der Waals surface area (Å²) in [6, 6.07) is 10.4. The predicted octanol–water partition coefficient (Wildman–Crippen LogP) is 2.07. The van der Waals surface area contributed by atoms with Crippen molar-refractivity contribution in [1.82, 2.24) is 10.3 Å². The molecule has 2 N–H and O–H groups in total. The second kappa shape index (κ2) is 6.00. The molecule has 0 saturated heterocycles. The van der Waals surface area contributed by atoms with E-state index in [0.717, 1.165) is 11.3 Å². The van der Waals surface area contributed by atoms with Crippen LogP contribution in [0.1, 0.15) is 21.6 Å². The van der Waals surface area contributed by atoms with E-state index < -0.39 is 0 Å². The minimum Gasteiger partial charge on any atom is -0.508 e. The van der Waals surface area contributed by atoms with Crippen LogP contribution in [0.25, 0.3) is 0 Å². The Hall–Kier alpha value is -2.36. The molecular formula is C15H16N2O2. The third-order valence-corrected chi connectivity index (χ3v) is 2.85. The summed E-state index contributed by atoms with van der Waals surface area (Å²) in [5.41, 5.74) is 2.29. The number of phenols is 1. The molecule has 2 rings (SSSR count). The van der Waals surface area contributed by atoms with Crippen LogP contribution in [0.2, 0.25) is 0 Å². The van der Waals surface area contributed by atoms with E-state index in [0.29, 0.717) is 18.5 Å². The van der Waals surface area contributed by atoms with Crippen molar-refractivity contribution in [2.24, 2.45) is 0 Å². The molecule has 98 valence electrons. The lowest BCUT2D eigenvalue weighted by atomic mass is 10.1. The minimum absolute atomic E-state index is 0.131. The molecule has 1 aromatic heterocycles. The number of pyridine rings is 1. The van der Waals surface area contributed by atoms with Gasteiger partial charge < -0.3 is 10.4 Å². The van der Waals surface area contributed by atoms with E-state index >= 15 is 0 Å². The van der Waals surface area contributed by atoms with Gasteiger partial charge in [0.05, 0.1) is 0 Å². The average Bonchev–Trinajstić information content (AvgIpc) is 2.39. The van der Waals surface area contributed by atoms with E-state index in [9.17, 15) is 9.90 Å². The Morgan fingerprint density at radius 1 is 1.32 bits per heavy atom. The number of carbonyl (C=O) groups is 1. The van der Waals surface area contributed by atoms with Crippen LogP contribution in [0, 0.1) is 6.92 Å². The Bertz CT molecular complexity index is 568. The van der Waals surface area contributed by atoms with Crippen LogP contribution >= 0.6 is 0 Å². The molecule has 1 heterocycles. The van der Waals surface area contributed by atoms with E-state index in [-0.39, 0.29) is 11.7 Å². The number of benzene rings is 1. The molecular weight excluding hydrogens is 240 g/mol. The van der Waals surface area contributed by atoms with Gasteiger partial charge in [-0.15, -0.1) is 0 Å². The van der Waals surface area contributed by atoms with Crippen LogP contribution in [0.4, 0.5) is 0 Å². The lowest BCUT2D eigenvalue weighted by molar-refractivity contribution is 0.0953. The first-order valence-corrected chi connectivity index (χ1v) is 6.14. The molecule has 0 aliphatic rings. The summed E-state index contributed by atoms with van der Waals surface area (Å²) in [5.74, 6) is 0.0379. The second-order valence-electron chi connectivity index (χ2n) is 4.33.